The smallest absolute Gasteiger partial charge is 0.123 e. The lowest BCUT2D eigenvalue weighted by atomic mass is 10.2. The van der Waals surface area contributed by atoms with E-state index in [1.807, 2.05) is 12.5 Å². The van der Waals surface area contributed by atoms with Crippen molar-refractivity contribution in [2.45, 2.75) is 51.7 Å². The topological polar surface area (TPSA) is 27.1 Å². The van der Waals surface area contributed by atoms with Crippen LogP contribution >= 0.6 is 0 Å². The lowest BCUT2D eigenvalue weighted by molar-refractivity contribution is 0.0852. The monoisotopic (exact) mass is 252 g/mol. The summed E-state index contributed by atoms with van der Waals surface area (Å²) in [6, 6.07) is 1.24. The van der Waals surface area contributed by atoms with E-state index < -0.39 is 8.07 Å². The third kappa shape index (κ3) is 4.64. The number of hydrogen-bond donors (Lipinski definition) is 0. The van der Waals surface area contributed by atoms with Crippen molar-refractivity contribution in [1.29, 1.82) is 0 Å². The maximum Gasteiger partial charge on any atom is 0.123 e. The first-order valence-electron chi connectivity index (χ1n) is 6.61. The highest BCUT2D eigenvalue weighted by Crippen LogP contribution is 2.32. The molecule has 0 spiro atoms. The van der Waals surface area contributed by atoms with Crippen molar-refractivity contribution in [2.24, 2.45) is 5.92 Å². The Balaban J connectivity index is 1.72. The van der Waals surface area contributed by atoms with E-state index in [9.17, 15) is 0 Å². The summed E-state index contributed by atoms with van der Waals surface area (Å²) in [6.45, 7) is 8.70. The van der Waals surface area contributed by atoms with E-state index in [2.05, 4.69) is 29.2 Å². The van der Waals surface area contributed by atoms with Gasteiger partial charge in [-0.3, -0.25) is 0 Å². The van der Waals surface area contributed by atoms with Crippen LogP contribution in [0.1, 0.15) is 18.5 Å². The molecule has 0 aromatic carbocycles. The molecule has 2 rings (SSSR count). The molecule has 17 heavy (non-hydrogen) atoms. The van der Waals surface area contributed by atoms with Crippen LogP contribution in [0.5, 0.6) is 0 Å². The molecule has 0 atom stereocenters. The van der Waals surface area contributed by atoms with Crippen LogP contribution in [0.3, 0.4) is 0 Å². The number of rotatable bonds is 7. The molecular formula is C13H24N2OSi. The Labute approximate surface area is 105 Å². The van der Waals surface area contributed by atoms with Crippen molar-refractivity contribution in [1.82, 2.24) is 9.55 Å². The Morgan fingerprint density at radius 3 is 2.82 bits per heavy atom. The van der Waals surface area contributed by atoms with E-state index in [4.69, 9.17) is 4.74 Å². The van der Waals surface area contributed by atoms with E-state index >= 15 is 0 Å². The maximum absolute atomic E-state index is 5.75. The molecule has 0 saturated heterocycles. The summed E-state index contributed by atoms with van der Waals surface area (Å²) in [4.78, 5) is 4.22. The largest absolute Gasteiger partial charge is 0.361 e. The number of hydrogen-bond acceptors (Lipinski definition) is 2. The average Bonchev–Trinajstić information content (AvgIpc) is 2.92. The van der Waals surface area contributed by atoms with Gasteiger partial charge in [-0.1, -0.05) is 19.6 Å². The van der Waals surface area contributed by atoms with Crippen LogP contribution in [0.2, 0.25) is 25.7 Å². The zero-order chi connectivity index (χ0) is 12.3. The highest BCUT2D eigenvalue weighted by Gasteiger charge is 2.23. The Morgan fingerprint density at radius 1 is 1.41 bits per heavy atom. The third-order valence-corrected chi connectivity index (χ3v) is 4.92. The number of ether oxygens (including phenoxy) is 1. The van der Waals surface area contributed by atoms with Gasteiger partial charge in [0.25, 0.3) is 0 Å². The molecule has 0 amide bonds. The van der Waals surface area contributed by atoms with Crippen molar-refractivity contribution >= 4 is 8.07 Å². The van der Waals surface area contributed by atoms with Crippen LogP contribution in [0, 0.1) is 5.92 Å². The number of aromatic nitrogens is 2. The van der Waals surface area contributed by atoms with E-state index in [1.165, 1.54) is 31.0 Å². The molecule has 1 heterocycles. The first-order chi connectivity index (χ1) is 8.04. The summed E-state index contributed by atoms with van der Waals surface area (Å²) >= 11 is 0. The summed E-state index contributed by atoms with van der Waals surface area (Å²) in [5.41, 5.74) is 1.33. The van der Waals surface area contributed by atoms with Gasteiger partial charge in [0, 0.05) is 26.6 Å². The van der Waals surface area contributed by atoms with Crippen molar-refractivity contribution in [2.75, 3.05) is 6.61 Å². The molecule has 0 aliphatic heterocycles. The van der Waals surface area contributed by atoms with Gasteiger partial charge in [-0.2, -0.15) is 0 Å². The predicted octanol–water partition coefficient (Wildman–Crippen LogP) is 3.15. The van der Waals surface area contributed by atoms with Gasteiger partial charge in [0.15, 0.2) is 0 Å². The van der Waals surface area contributed by atoms with E-state index in [0.717, 1.165) is 12.5 Å². The van der Waals surface area contributed by atoms with Crippen molar-refractivity contribution in [3.8, 4) is 0 Å². The van der Waals surface area contributed by atoms with E-state index in [-0.39, 0.29) is 0 Å². The fraction of sp³-hybridized carbons (Fsp3) is 0.769. The minimum Gasteiger partial charge on any atom is -0.361 e. The fourth-order valence-corrected chi connectivity index (χ4v) is 2.55. The molecular weight excluding hydrogens is 228 g/mol. The molecule has 0 bridgehead atoms. The zero-order valence-electron chi connectivity index (χ0n) is 11.3. The second-order valence-electron chi connectivity index (χ2n) is 6.35. The predicted molar refractivity (Wildman–Crippen MR) is 72.8 cm³/mol. The molecule has 0 unspecified atom stereocenters. The Hall–Kier alpha value is -0.613. The lowest BCUT2D eigenvalue weighted by Crippen LogP contribution is -2.22. The molecule has 0 radical (unpaired) electrons. The van der Waals surface area contributed by atoms with Crippen molar-refractivity contribution in [3.05, 3.63) is 18.2 Å². The minimum atomic E-state index is -0.959. The first kappa shape index (κ1) is 12.8. The van der Waals surface area contributed by atoms with Gasteiger partial charge in [-0.15, -0.1) is 0 Å². The van der Waals surface area contributed by atoms with Gasteiger partial charge in [-0.25, -0.2) is 4.98 Å². The highest BCUT2D eigenvalue weighted by molar-refractivity contribution is 6.76. The second kappa shape index (κ2) is 5.36. The average molecular weight is 252 g/mol. The molecule has 0 N–H and O–H groups in total. The van der Waals surface area contributed by atoms with Crippen LogP contribution in [-0.4, -0.2) is 24.2 Å². The summed E-state index contributed by atoms with van der Waals surface area (Å²) in [5, 5.41) is 0. The van der Waals surface area contributed by atoms with E-state index in [1.54, 1.807) is 0 Å². The van der Waals surface area contributed by atoms with Gasteiger partial charge < -0.3 is 9.30 Å². The summed E-state index contributed by atoms with van der Waals surface area (Å²) in [7, 11) is -0.959. The SMILES string of the molecule is C[Si](C)(C)CCOCn1cncc1CC1CC1. The zero-order valence-corrected chi connectivity index (χ0v) is 12.3. The fourth-order valence-electron chi connectivity index (χ4n) is 1.79. The molecule has 1 fully saturated rings. The van der Waals surface area contributed by atoms with Crippen molar-refractivity contribution in [3.63, 3.8) is 0 Å². The Morgan fingerprint density at radius 2 is 2.18 bits per heavy atom. The van der Waals surface area contributed by atoms with Crippen LogP contribution < -0.4 is 0 Å². The summed E-state index contributed by atoms with van der Waals surface area (Å²) < 4.78 is 7.91. The Bertz CT molecular complexity index is 353. The van der Waals surface area contributed by atoms with E-state index in [0.29, 0.717) is 6.73 Å². The standard InChI is InChI=1S/C13H24N2OSi/c1-17(2,3)7-6-16-11-15-10-14-9-13(15)8-12-4-5-12/h9-10,12H,4-8,11H2,1-3H3. The van der Waals surface area contributed by atoms with Crippen LogP contribution in [0.15, 0.2) is 12.5 Å². The molecule has 3 nitrogen and oxygen atoms in total. The number of imidazole rings is 1. The molecule has 96 valence electrons. The first-order valence-corrected chi connectivity index (χ1v) is 10.3. The maximum atomic E-state index is 5.75. The third-order valence-electron chi connectivity index (χ3n) is 3.22. The van der Waals surface area contributed by atoms with Crippen LogP contribution in [0.25, 0.3) is 0 Å². The summed E-state index contributed by atoms with van der Waals surface area (Å²) in [5.74, 6) is 0.910. The molecule has 1 aromatic heterocycles. The number of nitrogens with zero attached hydrogens (tertiary/aromatic N) is 2. The second-order valence-corrected chi connectivity index (χ2v) is 12.0. The van der Waals surface area contributed by atoms with Gasteiger partial charge in [0.05, 0.1) is 6.33 Å². The molecule has 1 aliphatic rings. The van der Waals surface area contributed by atoms with Crippen molar-refractivity contribution < 1.29 is 4.74 Å². The van der Waals surface area contributed by atoms with Gasteiger partial charge in [0.1, 0.15) is 6.73 Å². The minimum absolute atomic E-state index is 0.673. The quantitative estimate of drug-likeness (QED) is 0.550. The normalized spacial score (nSPS) is 16.4. The van der Waals surface area contributed by atoms with Gasteiger partial charge >= 0.3 is 0 Å². The molecule has 1 saturated carbocycles. The highest BCUT2D eigenvalue weighted by atomic mass is 28.3. The van der Waals surface area contributed by atoms with Gasteiger partial charge in [0.2, 0.25) is 0 Å². The lowest BCUT2D eigenvalue weighted by Gasteiger charge is -2.16. The van der Waals surface area contributed by atoms with Gasteiger partial charge in [-0.05, 0) is 31.2 Å². The van der Waals surface area contributed by atoms with Crippen LogP contribution in [-0.2, 0) is 17.9 Å². The summed E-state index contributed by atoms with van der Waals surface area (Å²) in [6.07, 6.45) is 7.84. The Kier molecular flexibility index (Phi) is 4.04. The molecule has 1 aromatic rings. The molecule has 1 aliphatic carbocycles. The van der Waals surface area contributed by atoms with Crippen LogP contribution in [0.4, 0.5) is 0 Å². The molecule has 4 heteroatoms.